The number of hydrogen-bond acceptors (Lipinski definition) is 0. The molecule has 0 N–H and O–H groups in total. The van der Waals surface area contributed by atoms with E-state index in [0.29, 0.717) is 0 Å². The predicted molar refractivity (Wildman–Crippen MR) is 14.5 cm³/mol. The van der Waals surface area contributed by atoms with Gasteiger partial charge in [-0.25, -0.2) is 0 Å². The van der Waals surface area contributed by atoms with Crippen molar-refractivity contribution < 1.29 is 77.3 Å². The average molecular weight is 352 g/mol. The van der Waals surface area contributed by atoms with Crippen molar-refractivity contribution in [3.63, 3.8) is 0 Å². The Morgan fingerprint density at radius 2 is 0.750 bits per heavy atom. The minimum absolute atomic E-state index is 0. The molecule has 23 valence electrons. The van der Waals surface area contributed by atoms with Gasteiger partial charge in [-0.05, 0) is 0 Å². The van der Waals surface area contributed by atoms with Crippen LogP contribution in [0.2, 0.25) is 0 Å². The molecule has 4 heteroatoms. The third-order valence-electron chi connectivity index (χ3n) is 0. The van der Waals surface area contributed by atoms with Gasteiger partial charge in [0, 0.05) is 77.3 Å². The summed E-state index contributed by atoms with van der Waals surface area (Å²) in [5, 5.41) is 0. The van der Waals surface area contributed by atoms with E-state index in [-0.39, 0.29) is 102 Å². The molecule has 0 aliphatic rings. The second-order valence-corrected chi connectivity index (χ2v) is 0. The van der Waals surface area contributed by atoms with Gasteiger partial charge in [0.1, 0.15) is 0 Å². The summed E-state index contributed by atoms with van der Waals surface area (Å²) in [6.45, 7) is 0. The van der Waals surface area contributed by atoms with E-state index >= 15 is 0 Å². The van der Waals surface area contributed by atoms with Crippen LogP contribution >= 0.6 is 24.8 Å². The monoisotopic (exact) mass is 351 g/mol. The molecule has 0 aromatic rings. The minimum atomic E-state index is 0. The Morgan fingerprint density at radius 1 is 0.750 bits per heavy atom. The number of rotatable bonds is 0. The SMILES string of the molecule is Cl.Cl.[Ce].[La]. The van der Waals surface area contributed by atoms with Crippen LogP contribution in [-0.4, -0.2) is 0 Å². The van der Waals surface area contributed by atoms with Crippen LogP contribution in [0.15, 0.2) is 0 Å². The van der Waals surface area contributed by atoms with Gasteiger partial charge in [0.05, 0.1) is 0 Å². The first-order valence-electron chi connectivity index (χ1n) is 0. The van der Waals surface area contributed by atoms with Crippen molar-refractivity contribution in [2.45, 2.75) is 0 Å². The molecule has 0 amide bonds. The van der Waals surface area contributed by atoms with Gasteiger partial charge in [0.2, 0.25) is 0 Å². The first kappa shape index (κ1) is 27.2. The van der Waals surface area contributed by atoms with Crippen molar-refractivity contribution in [1.29, 1.82) is 0 Å². The molecule has 0 nitrogen and oxygen atoms in total. The van der Waals surface area contributed by atoms with Crippen LogP contribution in [0.25, 0.3) is 0 Å². The molecule has 0 fully saturated rings. The number of halogens is 2. The fourth-order valence-electron chi connectivity index (χ4n) is 0. The molecule has 4 heavy (non-hydrogen) atoms. The first-order chi connectivity index (χ1) is 0. The zero-order valence-electron chi connectivity index (χ0n) is 1.89. The summed E-state index contributed by atoms with van der Waals surface area (Å²) >= 11 is 0. The summed E-state index contributed by atoms with van der Waals surface area (Å²) in [6.07, 6.45) is 0. The van der Waals surface area contributed by atoms with E-state index in [9.17, 15) is 0 Å². The van der Waals surface area contributed by atoms with Crippen molar-refractivity contribution >= 4 is 24.8 Å². The third-order valence-corrected chi connectivity index (χ3v) is 0. The first-order valence-corrected chi connectivity index (χ1v) is 0. The maximum atomic E-state index is 0. The van der Waals surface area contributed by atoms with E-state index in [1.54, 1.807) is 0 Å². The van der Waals surface area contributed by atoms with Crippen molar-refractivity contribution in [2.24, 2.45) is 0 Å². The predicted octanol–water partition coefficient (Wildman–Crippen LogP) is 0.844. The molecule has 0 unspecified atom stereocenters. The van der Waals surface area contributed by atoms with Crippen LogP contribution in [-0.2, 0) is 0 Å². The Labute approximate surface area is 99.7 Å². The summed E-state index contributed by atoms with van der Waals surface area (Å²) in [7, 11) is 0. The number of hydrogen-bond donors (Lipinski definition) is 0. The Kier molecular flexibility index (Phi) is 112. The van der Waals surface area contributed by atoms with Gasteiger partial charge in [0.15, 0.2) is 0 Å². The summed E-state index contributed by atoms with van der Waals surface area (Å²) in [5.74, 6) is 0. The van der Waals surface area contributed by atoms with Crippen LogP contribution in [0.5, 0.6) is 0 Å². The Bertz CT molecular complexity index is 6.00. The van der Waals surface area contributed by atoms with Crippen molar-refractivity contribution in [2.75, 3.05) is 0 Å². The van der Waals surface area contributed by atoms with Gasteiger partial charge in [0.25, 0.3) is 0 Å². The molecule has 0 aromatic carbocycles. The van der Waals surface area contributed by atoms with Crippen LogP contribution in [0.3, 0.4) is 0 Å². The largest absolute Gasteiger partial charge is 0.147 e. The smallest absolute Gasteiger partial charge is 0 e. The molecule has 0 saturated carbocycles. The molecule has 0 aromatic heterocycles. The van der Waals surface area contributed by atoms with E-state index < -0.39 is 0 Å². The van der Waals surface area contributed by atoms with Crippen LogP contribution < -0.4 is 0 Å². The van der Waals surface area contributed by atoms with Gasteiger partial charge in [-0.2, -0.15) is 0 Å². The fourth-order valence-corrected chi connectivity index (χ4v) is 0. The Hall–Kier alpha value is 3.15. The van der Waals surface area contributed by atoms with Crippen LogP contribution in [0, 0.1) is 77.3 Å². The standard InChI is InChI=1S/Ce.2ClH.La/h;2*1H;. The third kappa shape index (κ3) is 8.94. The van der Waals surface area contributed by atoms with Gasteiger partial charge in [-0.1, -0.05) is 0 Å². The summed E-state index contributed by atoms with van der Waals surface area (Å²) in [6, 6.07) is 0. The molecular formula is H2CeCl2La. The maximum Gasteiger partial charge on any atom is 0 e. The fraction of sp³-hybridized carbons (Fsp3) is 0. The van der Waals surface area contributed by atoms with E-state index in [2.05, 4.69) is 0 Å². The van der Waals surface area contributed by atoms with Gasteiger partial charge in [-0.3, -0.25) is 0 Å². The second kappa shape index (κ2) is 16.4. The van der Waals surface area contributed by atoms with Crippen molar-refractivity contribution in [1.82, 2.24) is 0 Å². The Morgan fingerprint density at radius 3 is 0.750 bits per heavy atom. The summed E-state index contributed by atoms with van der Waals surface area (Å²) in [5.41, 5.74) is 0. The molecule has 1 radical (unpaired) electrons. The minimum Gasteiger partial charge on any atom is -0.147 e. The molecule has 0 atom stereocenters. The van der Waals surface area contributed by atoms with Gasteiger partial charge < -0.3 is 0 Å². The van der Waals surface area contributed by atoms with E-state index in [1.807, 2.05) is 0 Å². The van der Waals surface area contributed by atoms with Gasteiger partial charge in [-0.15, -0.1) is 24.8 Å². The molecule has 0 aliphatic heterocycles. The van der Waals surface area contributed by atoms with E-state index in [4.69, 9.17) is 0 Å². The van der Waals surface area contributed by atoms with Crippen LogP contribution in [0.1, 0.15) is 0 Å². The quantitative estimate of drug-likeness (QED) is 0.607. The molecule has 0 rings (SSSR count). The van der Waals surface area contributed by atoms with Crippen molar-refractivity contribution in [3.8, 4) is 0 Å². The maximum absolute atomic E-state index is 0. The van der Waals surface area contributed by atoms with Crippen molar-refractivity contribution in [3.05, 3.63) is 0 Å². The zero-order valence-corrected chi connectivity index (χ0v) is 10.3. The van der Waals surface area contributed by atoms with Crippen LogP contribution in [0.4, 0.5) is 0 Å². The summed E-state index contributed by atoms with van der Waals surface area (Å²) < 4.78 is 0. The topological polar surface area (TPSA) is 0 Å². The second-order valence-electron chi connectivity index (χ2n) is 0. The molecular weight excluding hydrogens is 350 g/mol. The van der Waals surface area contributed by atoms with Gasteiger partial charge >= 0.3 is 0 Å². The summed E-state index contributed by atoms with van der Waals surface area (Å²) in [4.78, 5) is 0. The normalized spacial score (nSPS) is 0. The molecule has 0 saturated heterocycles. The zero-order chi connectivity index (χ0) is 0. The van der Waals surface area contributed by atoms with E-state index in [0.717, 1.165) is 0 Å². The molecule has 0 bridgehead atoms. The molecule has 0 heterocycles. The molecule has 0 aliphatic carbocycles. The van der Waals surface area contributed by atoms with E-state index in [1.165, 1.54) is 0 Å². The Balaban J connectivity index is 0. The average Bonchev–Trinajstić information content (AvgIpc) is 0. The molecule has 0 spiro atoms.